The number of carbonyl (C=O) groups excluding carboxylic acids is 4. The molecule has 2 atom stereocenters. The summed E-state index contributed by atoms with van der Waals surface area (Å²) < 4.78 is 5.44. The maximum absolute atomic E-state index is 13.5. The number of para-hydroxylation sites is 1. The second-order valence-electron chi connectivity index (χ2n) is 9.70. The van der Waals surface area contributed by atoms with Crippen LogP contribution in [-0.2, 0) is 19.1 Å². The van der Waals surface area contributed by atoms with Crippen molar-refractivity contribution in [2.45, 2.75) is 84.5 Å². The largest absolute Gasteiger partial charge is 0.452 e. The van der Waals surface area contributed by atoms with Crippen LogP contribution in [0.5, 0.6) is 0 Å². The van der Waals surface area contributed by atoms with Crippen LogP contribution in [0.3, 0.4) is 0 Å². The van der Waals surface area contributed by atoms with Gasteiger partial charge in [-0.15, -0.1) is 0 Å². The number of benzene rings is 1. The second-order valence-corrected chi connectivity index (χ2v) is 9.70. The van der Waals surface area contributed by atoms with Gasteiger partial charge in [0.15, 0.2) is 6.61 Å². The van der Waals surface area contributed by atoms with E-state index in [1.165, 1.54) is 9.80 Å². The normalized spacial score (nSPS) is 20.7. The molecule has 2 aliphatic heterocycles. The zero-order valence-corrected chi connectivity index (χ0v) is 20.2. The average Bonchev–Trinajstić information content (AvgIpc) is 3.09. The number of anilines is 1. The molecule has 1 aromatic rings. The van der Waals surface area contributed by atoms with Crippen molar-refractivity contribution in [3.8, 4) is 0 Å². The van der Waals surface area contributed by atoms with Crippen LogP contribution in [0.15, 0.2) is 24.3 Å². The van der Waals surface area contributed by atoms with E-state index in [2.05, 4.69) is 19.2 Å². The third-order valence-electron chi connectivity index (χ3n) is 6.30. The van der Waals surface area contributed by atoms with Crippen LogP contribution >= 0.6 is 0 Å². The minimum Gasteiger partial charge on any atom is -0.452 e. The first-order valence-corrected chi connectivity index (χ1v) is 11.8. The van der Waals surface area contributed by atoms with Crippen molar-refractivity contribution in [1.82, 2.24) is 10.2 Å². The second kappa shape index (κ2) is 9.93. The standard InChI is InChI=1S/C25H35N3O5/c1-16(2)9-8-10-18(5)26-21(29)15-33-24(32)25-14-13-22(30)28(25)20-12-7-6-11-19(20)23(31)27(25)17(3)4/h6-7,11-12,16-18H,8-10,13-15H2,1-5H3,(H,26,29)/t18-,25+/m0/s1. The van der Waals surface area contributed by atoms with E-state index in [1.54, 1.807) is 38.1 Å². The number of hydrogen-bond donors (Lipinski definition) is 1. The first-order chi connectivity index (χ1) is 15.6. The van der Waals surface area contributed by atoms with Crippen molar-refractivity contribution in [3.63, 3.8) is 0 Å². The SMILES string of the molecule is CC(C)CCC[C@H](C)NC(=O)COC(=O)[C@@]12CCC(=O)N1c1ccccc1C(=O)N2C(C)C. The van der Waals surface area contributed by atoms with Crippen LogP contribution in [0.2, 0.25) is 0 Å². The van der Waals surface area contributed by atoms with E-state index in [0.29, 0.717) is 17.2 Å². The predicted molar refractivity (Wildman–Crippen MR) is 124 cm³/mol. The number of carbonyl (C=O) groups is 4. The molecule has 0 saturated carbocycles. The van der Waals surface area contributed by atoms with Crippen LogP contribution < -0.4 is 10.2 Å². The molecular weight excluding hydrogens is 422 g/mol. The van der Waals surface area contributed by atoms with Gasteiger partial charge in [-0.3, -0.25) is 19.3 Å². The minimum atomic E-state index is -1.58. The van der Waals surface area contributed by atoms with Gasteiger partial charge in [-0.1, -0.05) is 38.8 Å². The van der Waals surface area contributed by atoms with Gasteiger partial charge in [0.1, 0.15) is 0 Å². The van der Waals surface area contributed by atoms with Crippen molar-refractivity contribution in [1.29, 1.82) is 0 Å². The summed E-state index contributed by atoms with van der Waals surface area (Å²) in [5.74, 6) is -1.12. The zero-order chi connectivity index (χ0) is 24.3. The summed E-state index contributed by atoms with van der Waals surface area (Å²) in [4.78, 5) is 54.9. The molecule has 0 aromatic heterocycles. The highest BCUT2D eigenvalue weighted by Gasteiger charge is 2.62. The Kier molecular flexibility index (Phi) is 7.44. The topological polar surface area (TPSA) is 96.0 Å². The minimum absolute atomic E-state index is 0.0343. The molecule has 2 heterocycles. The Morgan fingerprint density at radius 3 is 2.45 bits per heavy atom. The highest BCUT2D eigenvalue weighted by molar-refractivity contribution is 6.15. The lowest BCUT2D eigenvalue weighted by Crippen LogP contribution is -2.70. The number of nitrogens with zero attached hydrogens (tertiary/aromatic N) is 2. The molecule has 8 nitrogen and oxygen atoms in total. The number of esters is 1. The zero-order valence-electron chi connectivity index (χ0n) is 20.2. The molecule has 3 rings (SSSR count). The lowest BCUT2D eigenvalue weighted by atomic mass is 9.95. The molecule has 3 amide bonds. The van der Waals surface area contributed by atoms with Gasteiger partial charge in [0.05, 0.1) is 11.3 Å². The first kappa shape index (κ1) is 24.7. The smallest absolute Gasteiger partial charge is 0.354 e. The van der Waals surface area contributed by atoms with Crippen molar-refractivity contribution >= 4 is 29.4 Å². The predicted octanol–water partition coefficient (Wildman–Crippen LogP) is 3.25. The molecule has 33 heavy (non-hydrogen) atoms. The molecule has 0 bridgehead atoms. The van der Waals surface area contributed by atoms with E-state index in [9.17, 15) is 19.2 Å². The number of rotatable bonds is 9. The third-order valence-corrected chi connectivity index (χ3v) is 6.30. The van der Waals surface area contributed by atoms with Gasteiger partial charge < -0.3 is 15.0 Å². The highest BCUT2D eigenvalue weighted by Crippen LogP contribution is 2.45. The summed E-state index contributed by atoms with van der Waals surface area (Å²) in [6.45, 7) is 9.38. The maximum Gasteiger partial charge on any atom is 0.354 e. The average molecular weight is 458 g/mol. The molecule has 0 radical (unpaired) electrons. The molecule has 1 saturated heterocycles. The van der Waals surface area contributed by atoms with Gasteiger partial charge >= 0.3 is 5.97 Å². The third kappa shape index (κ3) is 4.75. The Hall–Kier alpha value is -2.90. The molecule has 1 aromatic carbocycles. The first-order valence-electron chi connectivity index (χ1n) is 11.8. The fourth-order valence-corrected chi connectivity index (χ4v) is 4.84. The van der Waals surface area contributed by atoms with Crippen molar-refractivity contribution in [2.24, 2.45) is 5.92 Å². The van der Waals surface area contributed by atoms with E-state index in [1.807, 2.05) is 6.92 Å². The van der Waals surface area contributed by atoms with Crippen LogP contribution in [0.25, 0.3) is 0 Å². The van der Waals surface area contributed by atoms with E-state index in [4.69, 9.17) is 4.74 Å². The monoisotopic (exact) mass is 457 g/mol. The highest BCUT2D eigenvalue weighted by atomic mass is 16.5. The number of nitrogens with one attached hydrogen (secondary N) is 1. The Labute approximate surface area is 195 Å². The Bertz CT molecular complexity index is 928. The summed E-state index contributed by atoms with van der Waals surface area (Å²) >= 11 is 0. The molecule has 0 spiro atoms. The maximum atomic E-state index is 13.5. The number of ether oxygens (including phenoxy) is 1. The number of fused-ring (bicyclic) bond motifs is 3. The Morgan fingerprint density at radius 2 is 1.79 bits per heavy atom. The van der Waals surface area contributed by atoms with Gasteiger partial charge in [-0.2, -0.15) is 0 Å². The van der Waals surface area contributed by atoms with Crippen LogP contribution in [-0.4, -0.2) is 52.9 Å². The molecule has 2 aliphatic rings. The van der Waals surface area contributed by atoms with E-state index in [-0.39, 0.29) is 36.7 Å². The Balaban J connectivity index is 1.77. The summed E-state index contributed by atoms with van der Waals surface area (Å²) in [6.07, 6.45) is 3.16. The lowest BCUT2D eigenvalue weighted by Gasteiger charge is -2.50. The summed E-state index contributed by atoms with van der Waals surface area (Å²) in [7, 11) is 0. The molecule has 1 fully saturated rings. The van der Waals surface area contributed by atoms with Crippen molar-refractivity contribution in [2.75, 3.05) is 11.5 Å². The number of hydrogen-bond acceptors (Lipinski definition) is 5. The van der Waals surface area contributed by atoms with Gasteiger partial charge in [-0.05, 0) is 45.2 Å². The molecule has 0 aliphatic carbocycles. The molecule has 1 N–H and O–H groups in total. The molecule has 180 valence electrons. The molecule has 0 unspecified atom stereocenters. The Morgan fingerprint density at radius 1 is 1.09 bits per heavy atom. The quantitative estimate of drug-likeness (QED) is 0.574. The number of amides is 3. The van der Waals surface area contributed by atoms with Crippen molar-refractivity contribution < 1.29 is 23.9 Å². The van der Waals surface area contributed by atoms with Crippen LogP contribution in [0.4, 0.5) is 5.69 Å². The fourth-order valence-electron chi connectivity index (χ4n) is 4.84. The van der Waals surface area contributed by atoms with Crippen LogP contribution in [0.1, 0.15) is 77.1 Å². The van der Waals surface area contributed by atoms with Gasteiger partial charge in [0.25, 0.3) is 11.8 Å². The summed E-state index contributed by atoms with van der Waals surface area (Å²) in [5.41, 5.74) is -0.806. The van der Waals surface area contributed by atoms with E-state index >= 15 is 0 Å². The summed E-state index contributed by atoms with van der Waals surface area (Å²) in [5, 5.41) is 2.86. The van der Waals surface area contributed by atoms with Crippen LogP contribution in [0, 0.1) is 5.92 Å². The van der Waals surface area contributed by atoms with E-state index < -0.39 is 24.1 Å². The van der Waals surface area contributed by atoms with Gasteiger partial charge in [-0.25, -0.2) is 4.79 Å². The lowest BCUT2D eigenvalue weighted by molar-refractivity contribution is -0.161. The van der Waals surface area contributed by atoms with Gasteiger partial charge in [0, 0.05) is 24.9 Å². The molecular formula is C25H35N3O5. The summed E-state index contributed by atoms with van der Waals surface area (Å²) in [6, 6.07) is 6.39. The fraction of sp³-hybridized carbons (Fsp3) is 0.600. The molecule has 8 heteroatoms. The van der Waals surface area contributed by atoms with E-state index in [0.717, 1.165) is 19.3 Å². The van der Waals surface area contributed by atoms with Crippen molar-refractivity contribution in [3.05, 3.63) is 29.8 Å². The van der Waals surface area contributed by atoms with Gasteiger partial charge in [0.2, 0.25) is 11.6 Å².